The summed E-state index contributed by atoms with van der Waals surface area (Å²) in [4.78, 5) is 35.1. The zero-order chi connectivity index (χ0) is 22.5. The quantitative estimate of drug-likeness (QED) is 0.229. The lowest BCUT2D eigenvalue weighted by Gasteiger charge is -2.16. The maximum atomic E-state index is 12.1. The highest BCUT2D eigenvalue weighted by Gasteiger charge is 2.30. The number of nitro benzene ring substituents is 1. The van der Waals surface area contributed by atoms with Crippen molar-refractivity contribution in [3.05, 3.63) is 81.6 Å². The summed E-state index contributed by atoms with van der Waals surface area (Å²) in [6.07, 6.45) is 3.75. The Morgan fingerprint density at radius 1 is 1.23 bits per heavy atom. The second kappa shape index (κ2) is 9.12. The van der Waals surface area contributed by atoms with E-state index >= 15 is 0 Å². The third kappa shape index (κ3) is 4.72. The summed E-state index contributed by atoms with van der Waals surface area (Å²) in [7, 11) is 2.90. The largest absolute Gasteiger partial charge is 0.493 e. The van der Waals surface area contributed by atoms with Gasteiger partial charge in [0.05, 0.1) is 12.0 Å². The van der Waals surface area contributed by atoms with E-state index in [2.05, 4.69) is 11.9 Å². The van der Waals surface area contributed by atoms with Crippen LogP contribution in [0.5, 0.6) is 11.5 Å². The lowest BCUT2D eigenvalue weighted by atomic mass is 10.0. The Morgan fingerprint density at radius 3 is 2.48 bits per heavy atom. The van der Waals surface area contributed by atoms with Gasteiger partial charge >= 0.3 is 6.03 Å². The van der Waals surface area contributed by atoms with Gasteiger partial charge in [0, 0.05) is 24.7 Å². The third-order valence-corrected chi connectivity index (χ3v) is 4.66. The van der Waals surface area contributed by atoms with E-state index in [9.17, 15) is 19.7 Å². The Hall–Kier alpha value is -4.14. The molecule has 0 saturated carbocycles. The number of amides is 3. The van der Waals surface area contributed by atoms with Crippen LogP contribution in [0.2, 0.25) is 0 Å². The summed E-state index contributed by atoms with van der Waals surface area (Å²) in [5, 5.41) is 13.3. The summed E-state index contributed by atoms with van der Waals surface area (Å²) < 4.78 is 11.5. The highest BCUT2D eigenvalue weighted by molar-refractivity contribution is 6.13. The number of hydrogen-bond donors (Lipinski definition) is 1. The molecular formula is C22H21N3O6. The van der Waals surface area contributed by atoms with Crippen molar-refractivity contribution >= 4 is 23.7 Å². The number of ether oxygens (including phenoxy) is 2. The molecule has 2 aromatic rings. The number of likely N-dealkylation sites (N-methyl/N-ethyl adjacent to an activating group) is 1. The highest BCUT2D eigenvalue weighted by Crippen LogP contribution is 2.35. The molecule has 1 saturated heterocycles. The van der Waals surface area contributed by atoms with Gasteiger partial charge in [0.15, 0.2) is 11.5 Å². The fourth-order valence-corrected chi connectivity index (χ4v) is 3.05. The molecule has 0 spiro atoms. The summed E-state index contributed by atoms with van der Waals surface area (Å²) in [6, 6.07) is 9.11. The number of nitrogens with one attached hydrogen (secondary N) is 1. The molecule has 1 fully saturated rings. The van der Waals surface area contributed by atoms with Crippen molar-refractivity contribution in [1.29, 1.82) is 0 Å². The number of rotatable bonds is 8. The van der Waals surface area contributed by atoms with Gasteiger partial charge < -0.3 is 14.8 Å². The van der Waals surface area contributed by atoms with Crippen molar-refractivity contribution < 1.29 is 24.0 Å². The molecule has 1 heterocycles. The number of benzene rings is 2. The highest BCUT2D eigenvalue weighted by atomic mass is 16.6. The minimum absolute atomic E-state index is 0.00487. The number of urea groups is 1. The average Bonchev–Trinajstić information content (AvgIpc) is 2.99. The number of hydrogen-bond acceptors (Lipinski definition) is 6. The molecule has 0 aromatic heterocycles. The zero-order valence-electron chi connectivity index (χ0n) is 17.1. The molecule has 1 aliphatic rings. The number of nitrogens with zero attached hydrogens (tertiary/aromatic N) is 2. The molecule has 31 heavy (non-hydrogen) atoms. The van der Waals surface area contributed by atoms with E-state index < -0.39 is 16.9 Å². The fourth-order valence-electron chi connectivity index (χ4n) is 3.05. The average molecular weight is 423 g/mol. The van der Waals surface area contributed by atoms with Gasteiger partial charge in [0.2, 0.25) is 0 Å². The van der Waals surface area contributed by atoms with E-state index in [1.54, 1.807) is 30.4 Å². The number of nitro groups is 1. The molecule has 160 valence electrons. The van der Waals surface area contributed by atoms with Crippen LogP contribution in [0, 0.1) is 10.1 Å². The summed E-state index contributed by atoms with van der Waals surface area (Å²) in [6.45, 7) is 3.95. The van der Waals surface area contributed by atoms with Crippen LogP contribution in [-0.2, 0) is 17.8 Å². The van der Waals surface area contributed by atoms with Gasteiger partial charge in [-0.2, -0.15) is 0 Å². The molecule has 3 amide bonds. The van der Waals surface area contributed by atoms with Crippen LogP contribution in [-0.4, -0.2) is 35.9 Å². The van der Waals surface area contributed by atoms with Crippen molar-refractivity contribution in [2.45, 2.75) is 13.0 Å². The van der Waals surface area contributed by atoms with Gasteiger partial charge in [-0.1, -0.05) is 6.08 Å². The molecule has 9 heteroatoms. The second-order valence-corrected chi connectivity index (χ2v) is 6.77. The Kier molecular flexibility index (Phi) is 6.35. The van der Waals surface area contributed by atoms with Crippen molar-refractivity contribution in [3.8, 4) is 11.5 Å². The van der Waals surface area contributed by atoms with Gasteiger partial charge in [-0.05, 0) is 47.9 Å². The fraction of sp³-hybridized carbons (Fsp3) is 0.182. The first-order valence-electron chi connectivity index (χ1n) is 9.32. The van der Waals surface area contributed by atoms with Crippen LogP contribution in [0.1, 0.15) is 16.7 Å². The minimum Gasteiger partial charge on any atom is -0.493 e. The number of carbonyl (C=O) groups excluding carboxylic acids is 2. The predicted molar refractivity (Wildman–Crippen MR) is 114 cm³/mol. The second-order valence-electron chi connectivity index (χ2n) is 6.77. The van der Waals surface area contributed by atoms with Gasteiger partial charge in [-0.3, -0.25) is 19.8 Å². The number of allylic oxidation sites excluding steroid dienone is 1. The first-order chi connectivity index (χ1) is 14.8. The van der Waals surface area contributed by atoms with Crippen molar-refractivity contribution in [2.75, 3.05) is 14.2 Å². The number of imide groups is 1. The molecule has 2 aromatic carbocycles. The lowest BCUT2D eigenvalue weighted by Crippen LogP contribution is -2.25. The Morgan fingerprint density at radius 2 is 1.94 bits per heavy atom. The topological polar surface area (TPSA) is 111 Å². The smallest absolute Gasteiger partial charge is 0.328 e. The molecule has 0 radical (unpaired) electrons. The molecule has 3 rings (SSSR count). The maximum absolute atomic E-state index is 12.1. The molecule has 1 aliphatic heterocycles. The van der Waals surface area contributed by atoms with Crippen LogP contribution < -0.4 is 14.8 Å². The third-order valence-electron chi connectivity index (χ3n) is 4.66. The van der Waals surface area contributed by atoms with Gasteiger partial charge in [0.1, 0.15) is 12.3 Å². The van der Waals surface area contributed by atoms with Gasteiger partial charge in [-0.15, -0.1) is 6.58 Å². The number of methoxy groups -OCH3 is 1. The molecular weight excluding hydrogens is 402 g/mol. The van der Waals surface area contributed by atoms with Crippen LogP contribution in [0.4, 0.5) is 10.5 Å². The molecule has 1 N–H and O–H groups in total. The predicted octanol–water partition coefficient (Wildman–Crippen LogP) is 3.43. The van der Waals surface area contributed by atoms with Crippen molar-refractivity contribution in [1.82, 2.24) is 10.2 Å². The SMILES string of the molecule is C=CCc1cc(/C=C2/NC(=O)N(C)C2=O)cc(OC)c1OCc1ccc([N+](=O)[O-])cc1. The Labute approximate surface area is 178 Å². The standard InChI is InChI=1S/C22H21N3O6/c1-4-5-16-10-15(11-18-21(26)24(2)22(27)23-18)12-19(30-3)20(16)31-13-14-6-8-17(9-7-14)25(28)29/h4,6-12H,1,5,13H2,2-3H3,(H,23,27)/b18-11+. The minimum atomic E-state index is -0.488. The molecule has 9 nitrogen and oxygen atoms in total. The lowest BCUT2D eigenvalue weighted by molar-refractivity contribution is -0.384. The Bertz CT molecular complexity index is 1080. The van der Waals surface area contributed by atoms with Crippen LogP contribution in [0.3, 0.4) is 0 Å². The van der Waals surface area contributed by atoms with E-state index in [1.165, 1.54) is 26.3 Å². The van der Waals surface area contributed by atoms with Gasteiger partial charge in [-0.25, -0.2) is 4.79 Å². The van der Waals surface area contributed by atoms with E-state index in [1.807, 2.05) is 6.07 Å². The van der Waals surface area contributed by atoms with Crippen LogP contribution in [0.15, 0.2) is 54.8 Å². The molecule has 0 unspecified atom stereocenters. The normalized spacial score (nSPS) is 14.5. The molecule has 0 aliphatic carbocycles. The number of carbonyl (C=O) groups is 2. The summed E-state index contributed by atoms with van der Waals surface area (Å²) in [5.74, 6) is 0.521. The van der Waals surface area contributed by atoms with E-state index in [0.29, 0.717) is 23.5 Å². The first-order valence-corrected chi connectivity index (χ1v) is 9.32. The molecule has 0 bridgehead atoms. The van der Waals surface area contributed by atoms with Gasteiger partial charge in [0.25, 0.3) is 11.6 Å². The summed E-state index contributed by atoms with van der Waals surface area (Å²) in [5.41, 5.74) is 2.35. The van der Waals surface area contributed by atoms with Crippen molar-refractivity contribution in [3.63, 3.8) is 0 Å². The Balaban J connectivity index is 1.89. The van der Waals surface area contributed by atoms with E-state index in [0.717, 1.165) is 16.0 Å². The van der Waals surface area contributed by atoms with Crippen LogP contribution in [0.25, 0.3) is 6.08 Å². The van der Waals surface area contributed by atoms with E-state index in [4.69, 9.17) is 9.47 Å². The monoisotopic (exact) mass is 423 g/mol. The summed E-state index contributed by atoms with van der Waals surface area (Å²) >= 11 is 0. The maximum Gasteiger partial charge on any atom is 0.328 e. The molecule has 0 atom stereocenters. The zero-order valence-corrected chi connectivity index (χ0v) is 17.1. The first kappa shape index (κ1) is 21.6. The van der Waals surface area contributed by atoms with E-state index in [-0.39, 0.29) is 18.0 Å². The van der Waals surface area contributed by atoms with Crippen molar-refractivity contribution in [2.24, 2.45) is 0 Å². The number of non-ortho nitro benzene ring substituents is 1. The van der Waals surface area contributed by atoms with Crippen LogP contribution >= 0.6 is 0 Å².